The molecule has 0 saturated heterocycles. The lowest BCUT2D eigenvalue weighted by Crippen LogP contribution is -2.37. The van der Waals surface area contributed by atoms with E-state index in [-0.39, 0.29) is 34.8 Å². The van der Waals surface area contributed by atoms with Crippen molar-refractivity contribution in [2.24, 2.45) is 14.1 Å². The number of ether oxygens (including phenoxy) is 1. The molecule has 3 aromatic rings. The molecule has 0 unspecified atom stereocenters. The average Bonchev–Trinajstić information content (AvgIpc) is 3.02. The highest BCUT2D eigenvalue weighted by Crippen LogP contribution is 2.16. The molecule has 0 aliphatic carbocycles. The third-order valence-corrected chi connectivity index (χ3v) is 3.93. The van der Waals surface area contributed by atoms with Crippen molar-refractivity contribution in [1.29, 1.82) is 0 Å². The molecule has 0 spiro atoms. The number of hydrogen-bond donors (Lipinski definition) is 0. The van der Waals surface area contributed by atoms with Gasteiger partial charge in [0.15, 0.2) is 16.9 Å². The van der Waals surface area contributed by atoms with E-state index in [9.17, 15) is 23.2 Å². The number of halogens is 2. The molecule has 0 saturated carbocycles. The van der Waals surface area contributed by atoms with Crippen LogP contribution in [0.25, 0.3) is 11.2 Å². The molecule has 0 aliphatic heterocycles. The Bertz CT molecular complexity index is 1100. The van der Waals surface area contributed by atoms with Crippen molar-refractivity contribution in [3.8, 4) is 5.75 Å². The molecule has 0 fully saturated rings. The fourth-order valence-electron chi connectivity index (χ4n) is 2.59. The SMILES string of the molecule is Cn1c(=O)c2c(ncn2CC(=O)c2ccc(OC(F)F)cc2)n(C)c1=O. The van der Waals surface area contributed by atoms with Crippen LogP contribution in [0.3, 0.4) is 0 Å². The average molecular weight is 364 g/mol. The van der Waals surface area contributed by atoms with E-state index in [1.807, 2.05) is 0 Å². The van der Waals surface area contributed by atoms with Crippen LogP contribution in [0.1, 0.15) is 10.4 Å². The van der Waals surface area contributed by atoms with Gasteiger partial charge in [-0.05, 0) is 24.3 Å². The van der Waals surface area contributed by atoms with E-state index in [1.165, 1.54) is 53.8 Å². The first-order valence-corrected chi connectivity index (χ1v) is 7.48. The zero-order chi connectivity index (χ0) is 19.0. The van der Waals surface area contributed by atoms with E-state index in [1.54, 1.807) is 0 Å². The second-order valence-corrected chi connectivity index (χ2v) is 5.58. The maximum Gasteiger partial charge on any atom is 0.387 e. The summed E-state index contributed by atoms with van der Waals surface area (Å²) in [5, 5.41) is 0. The molecular formula is C16H14F2N4O4. The van der Waals surface area contributed by atoms with E-state index in [0.717, 1.165) is 4.57 Å². The number of nitrogens with zero attached hydrogens (tertiary/aromatic N) is 4. The van der Waals surface area contributed by atoms with Crippen LogP contribution in [-0.4, -0.2) is 31.1 Å². The van der Waals surface area contributed by atoms with E-state index in [4.69, 9.17) is 0 Å². The van der Waals surface area contributed by atoms with Gasteiger partial charge >= 0.3 is 12.3 Å². The number of carbonyl (C=O) groups is 1. The van der Waals surface area contributed by atoms with Gasteiger partial charge in [-0.25, -0.2) is 9.78 Å². The number of imidazole rings is 1. The lowest BCUT2D eigenvalue weighted by atomic mass is 10.1. The topological polar surface area (TPSA) is 88.1 Å². The van der Waals surface area contributed by atoms with Crippen LogP contribution < -0.4 is 16.0 Å². The minimum absolute atomic E-state index is 0.0616. The summed E-state index contributed by atoms with van der Waals surface area (Å²) < 4.78 is 32.0. The Kier molecular flexibility index (Phi) is 4.41. The highest BCUT2D eigenvalue weighted by molar-refractivity contribution is 5.96. The van der Waals surface area contributed by atoms with Crippen LogP contribution >= 0.6 is 0 Å². The maximum absolute atomic E-state index is 12.4. The summed E-state index contributed by atoms with van der Waals surface area (Å²) in [4.78, 5) is 40.7. The predicted molar refractivity (Wildman–Crippen MR) is 87.6 cm³/mol. The van der Waals surface area contributed by atoms with Crippen molar-refractivity contribution in [3.05, 3.63) is 57.0 Å². The molecule has 26 heavy (non-hydrogen) atoms. The standard InChI is InChI=1S/C16H14F2N4O4/c1-20-13-12(14(24)21(2)16(20)25)22(8-19-13)7-11(23)9-3-5-10(6-4-9)26-15(17)18/h3-6,8,15H,7H2,1-2H3. The lowest BCUT2D eigenvalue weighted by Gasteiger charge is -2.07. The van der Waals surface area contributed by atoms with Gasteiger partial charge in [-0.3, -0.25) is 18.7 Å². The fourth-order valence-corrected chi connectivity index (χ4v) is 2.59. The summed E-state index contributed by atoms with van der Waals surface area (Å²) >= 11 is 0. The summed E-state index contributed by atoms with van der Waals surface area (Å²) in [6.07, 6.45) is 1.30. The van der Waals surface area contributed by atoms with E-state index in [2.05, 4.69) is 9.72 Å². The molecule has 10 heteroatoms. The first kappa shape index (κ1) is 17.5. The Hall–Kier alpha value is -3.30. The van der Waals surface area contributed by atoms with Gasteiger partial charge in [-0.1, -0.05) is 0 Å². The molecule has 0 bridgehead atoms. The molecule has 0 atom stereocenters. The zero-order valence-corrected chi connectivity index (χ0v) is 13.8. The van der Waals surface area contributed by atoms with Crippen molar-refractivity contribution in [3.63, 3.8) is 0 Å². The summed E-state index contributed by atoms with van der Waals surface area (Å²) in [5.41, 5.74) is -0.523. The second-order valence-electron chi connectivity index (χ2n) is 5.58. The number of carbonyl (C=O) groups excluding carboxylic acids is 1. The highest BCUT2D eigenvalue weighted by atomic mass is 19.3. The molecule has 3 rings (SSSR count). The number of Topliss-reactive ketones (excluding diaryl/α,β-unsaturated/α-hetero) is 1. The smallest absolute Gasteiger partial charge is 0.387 e. The van der Waals surface area contributed by atoms with Crippen LogP contribution in [0.15, 0.2) is 40.2 Å². The van der Waals surface area contributed by atoms with E-state index >= 15 is 0 Å². The number of fused-ring (bicyclic) bond motifs is 1. The summed E-state index contributed by atoms with van der Waals surface area (Å²) in [6.45, 7) is -3.14. The number of benzene rings is 1. The fraction of sp³-hybridized carbons (Fsp3) is 0.250. The Labute approximate surface area is 144 Å². The number of hydrogen-bond acceptors (Lipinski definition) is 5. The number of ketones is 1. The molecule has 2 aromatic heterocycles. The first-order valence-electron chi connectivity index (χ1n) is 7.48. The van der Waals surface area contributed by atoms with Gasteiger partial charge in [-0.2, -0.15) is 8.78 Å². The largest absolute Gasteiger partial charge is 0.435 e. The summed E-state index contributed by atoms with van der Waals surface area (Å²) in [6, 6.07) is 5.22. The van der Waals surface area contributed by atoms with E-state index in [0.29, 0.717) is 0 Å². The Morgan fingerprint density at radius 1 is 1.15 bits per heavy atom. The quantitative estimate of drug-likeness (QED) is 0.628. The minimum atomic E-state index is -2.95. The maximum atomic E-state index is 12.4. The number of alkyl halides is 2. The minimum Gasteiger partial charge on any atom is -0.435 e. The third-order valence-electron chi connectivity index (χ3n) is 3.93. The van der Waals surface area contributed by atoms with Gasteiger partial charge in [0.2, 0.25) is 0 Å². The van der Waals surface area contributed by atoms with Crippen molar-refractivity contribution >= 4 is 16.9 Å². The molecule has 0 aliphatic rings. The van der Waals surface area contributed by atoms with Crippen LogP contribution in [0.5, 0.6) is 5.75 Å². The number of rotatable bonds is 5. The van der Waals surface area contributed by atoms with Crippen molar-refractivity contribution in [1.82, 2.24) is 18.7 Å². The van der Waals surface area contributed by atoms with Crippen molar-refractivity contribution in [2.75, 3.05) is 0 Å². The van der Waals surface area contributed by atoms with Crippen LogP contribution in [0.4, 0.5) is 8.78 Å². The third kappa shape index (κ3) is 3.01. The number of aryl methyl sites for hydroxylation is 1. The van der Waals surface area contributed by atoms with Gasteiger partial charge < -0.3 is 9.30 Å². The Balaban J connectivity index is 1.93. The van der Waals surface area contributed by atoms with Gasteiger partial charge in [0, 0.05) is 19.7 Å². The van der Waals surface area contributed by atoms with E-state index < -0.39 is 17.9 Å². The zero-order valence-electron chi connectivity index (χ0n) is 13.8. The van der Waals surface area contributed by atoms with Gasteiger partial charge in [0.05, 0.1) is 12.9 Å². The monoisotopic (exact) mass is 364 g/mol. The molecule has 0 radical (unpaired) electrons. The summed E-state index contributed by atoms with van der Waals surface area (Å²) in [7, 11) is 2.82. The Morgan fingerprint density at radius 3 is 2.42 bits per heavy atom. The van der Waals surface area contributed by atoms with Crippen LogP contribution in [0, 0.1) is 0 Å². The van der Waals surface area contributed by atoms with Crippen LogP contribution in [0.2, 0.25) is 0 Å². The van der Waals surface area contributed by atoms with Gasteiger partial charge in [0.25, 0.3) is 5.56 Å². The van der Waals surface area contributed by atoms with Crippen molar-refractivity contribution < 1.29 is 18.3 Å². The first-order chi connectivity index (χ1) is 12.3. The molecule has 0 N–H and O–H groups in total. The molecule has 2 heterocycles. The number of aromatic nitrogens is 4. The second kappa shape index (κ2) is 6.54. The van der Waals surface area contributed by atoms with Gasteiger partial charge in [-0.15, -0.1) is 0 Å². The highest BCUT2D eigenvalue weighted by Gasteiger charge is 2.16. The van der Waals surface area contributed by atoms with Crippen molar-refractivity contribution in [2.45, 2.75) is 13.2 Å². The summed E-state index contributed by atoms with van der Waals surface area (Å²) in [5.74, 6) is -0.419. The van der Waals surface area contributed by atoms with Gasteiger partial charge in [0.1, 0.15) is 5.75 Å². The molecule has 1 aromatic carbocycles. The normalized spacial score (nSPS) is 11.3. The molecule has 8 nitrogen and oxygen atoms in total. The molecule has 136 valence electrons. The van der Waals surface area contributed by atoms with Crippen LogP contribution in [-0.2, 0) is 20.6 Å². The predicted octanol–water partition coefficient (Wildman–Crippen LogP) is 0.918. The lowest BCUT2D eigenvalue weighted by molar-refractivity contribution is -0.0498. The molecule has 0 amide bonds. The Morgan fingerprint density at radius 2 is 1.81 bits per heavy atom. The molecular weight excluding hydrogens is 350 g/mol.